The number of carbonyl (C=O) groups is 2. The van der Waals surface area contributed by atoms with Gasteiger partial charge in [-0.2, -0.15) is 0 Å². The molecular formula is C29H33ClN2O3. The Hall–Kier alpha value is -3.31. The van der Waals surface area contributed by atoms with E-state index in [0.717, 1.165) is 44.9 Å². The van der Waals surface area contributed by atoms with Crippen molar-refractivity contribution < 1.29 is 14.3 Å². The maximum absolute atomic E-state index is 12.8. The number of ether oxygens (including phenoxy) is 1. The molecule has 3 aromatic rings. The number of carbonyl (C=O) groups excluding carboxylic acids is 2. The van der Waals surface area contributed by atoms with Gasteiger partial charge < -0.3 is 15.4 Å². The SMILES string of the molecule is CCC(Nc1cccc(-c2cc(C)c(C(=O)N[C@@H](C)C(=O)OC)c(C)c2)c1)c1ccc(Cl)c(C)c1. The van der Waals surface area contributed by atoms with Gasteiger partial charge in [-0.1, -0.05) is 54.9 Å². The van der Waals surface area contributed by atoms with Crippen molar-refractivity contribution >= 4 is 29.2 Å². The number of benzene rings is 3. The van der Waals surface area contributed by atoms with E-state index >= 15 is 0 Å². The van der Waals surface area contributed by atoms with E-state index in [9.17, 15) is 9.59 Å². The standard InChI is InChI=1S/C29H33ClN2O3/c1-7-26(22-11-12-25(30)17(2)13-22)32-24-10-8-9-21(16-24)23-14-18(3)27(19(4)15-23)28(33)31-20(5)29(34)35-6/h8-16,20,26,32H,7H2,1-6H3,(H,31,33)/t20-,26?/m0/s1. The number of nitrogens with one attached hydrogen (secondary N) is 2. The van der Waals surface area contributed by atoms with Crippen LogP contribution in [0.5, 0.6) is 0 Å². The van der Waals surface area contributed by atoms with Crippen LogP contribution in [0.25, 0.3) is 11.1 Å². The second-order valence-corrected chi connectivity index (χ2v) is 9.31. The number of amides is 1. The number of hydrogen-bond donors (Lipinski definition) is 2. The Morgan fingerprint density at radius 3 is 2.23 bits per heavy atom. The maximum Gasteiger partial charge on any atom is 0.328 e. The molecule has 184 valence electrons. The molecule has 2 atom stereocenters. The first kappa shape index (κ1) is 26.3. The molecule has 1 unspecified atom stereocenters. The number of rotatable bonds is 8. The molecule has 3 aromatic carbocycles. The molecule has 0 bridgehead atoms. The third kappa shape index (κ3) is 6.23. The summed E-state index contributed by atoms with van der Waals surface area (Å²) in [4.78, 5) is 24.5. The summed E-state index contributed by atoms with van der Waals surface area (Å²) in [5, 5.41) is 7.13. The van der Waals surface area contributed by atoms with Crippen LogP contribution in [0.15, 0.2) is 54.6 Å². The van der Waals surface area contributed by atoms with Crippen LogP contribution in [-0.4, -0.2) is 25.0 Å². The zero-order valence-corrected chi connectivity index (χ0v) is 21.9. The quantitative estimate of drug-likeness (QED) is 0.340. The minimum absolute atomic E-state index is 0.160. The molecule has 0 aliphatic carbocycles. The van der Waals surface area contributed by atoms with Gasteiger partial charge in [0.2, 0.25) is 0 Å². The van der Waals surface area contributed by atoms with Gasteiger partial charge in [-0.3, -0.25) is 4.79 Å². The smallest absolute Gasteiger partial charge is 0.328 e. The van der Waals surface area contributed by atoms with Crippen LogP contribution in [-0.2, 0) is 9.53 Å². The highest BCUT2D eigenvalue weighted by molar-refractivity contribution is 6.31. The molecular weight excluding hydrogens is 460 g/mol. The van der Waals surface area contributed by atoms with Crippen molar-refractivity contribution in [3.05, 3.63) is 87.4 Å². The van der Waals surface area contributed by atoms with Crippen molar-refractivity contribution in [3.63, 3.8) is 0 Å². The first-order chi connectivity index (χ1) is 16.6. The van der Waals surface area contributed by atoms with Gasteiger partial charge in [0.15, 0.2) is 0 Å². The largest absolute Gasteiger partial charge is 0.467 e. The molecule has 0 saturated carbocycles. The maximum atomic E-state index is 12.8. The van der Waals surface area contributed by atoms with Crippen molar-refractivity contribution in [3.8, 4) is 11.1 Å². The van der Waals surface area contributed by atoms with E-state index in [2.05, 4.69) is 47.9 Å². The highest BCUT2D eigenvalue weighted by atomic mass is 35.5. The zero-order valence-electron chi connectivity index (χ0n) is 21.2. The van der Waals surface area contributed by atoms with Gasteiger partial charge in [0.1, 0.15) is 6.04 Å². The van der Waals surface area contributed by atoms with Gasteiger partial charge >= 0.3 is 5.97 Å². The Morgan fingerprint density at radius 2 is 1.63 bits per heavy atom. The number of esters is 1. The van der Waals surface area contributed by atoms with Crippen LogP contribution >= 0.6 is 11.6 Å². The van der Waals surface area contributed by atoms with E-state index in [1.54, 1.807) is 6.92 Å². The molecule has 3 rings (SSSR count). The van der Waals surface area contributed by atoms with E-state index in [1.165, 1.54) is 12.7 Å². The van der Waals surface area contributed by atoms with E-state index in [0.29, 0.717) is 5.56 Å². The van der Waals surface area contributed by atoms with Crippen molar-refractivity contribution in [2.75, 3.05) is 12.4 Å². The minimum Gasteiger partial charge on any atom is -0.467 e. The summed E-state index contributed by atoms with van der Waals surface area (Å²) in [5.41, 5.74) is 7.62. The molecule has 2 N–H and O–H groups in total. The molecule has 0 saturated heterocycles. The summed E-state index contributed by atoms with van der Waals surface area (Å²) in [6, 6.07) is 17.9. The number of methoxy groups -OCH3 is 1. The summed E-state index contributed by atoms with van der Waals surface area (Å²) >= 11 is 6.21. The molecule has 0 aromatic heterocycles. The third-order valence-electron chi connectivity index (χ3n) is 6.19. The highest BCUT2D eigenvalue weighted by Gasteiger charge is 2.20. The molecule has 0 aliphatic heterocycles. The first-order valence-corrected chi connectivity index (χ1v) is 12.1. The van der Waals surface area contributed by atoms with E-state index in [4.69, 9.17) is 16.3 Å². The third-order valence-corrected chi connectivity index (χ3v) is 6.62. The van der Waals surface area contributed by atoms with Crippen molar-refractivity contribution in [2.24, 2.45) is 0 Å². The summed E-state index contributed by atoms with van der Waals surface area (Å²) in [6.45, 7) is 9.60. The average Bonchev–Trinajstić information content (AvgIpc) is 2.83. The lowest BCUT2D eigenvalue weighted by Crippen LogP contribution is -2.39. The van der Waals surface area contributed by atoms with Gasteiger partial charge in [-0.25, -0.2) is 4.79 Å². The van der Waals surface area contributed by atoms with Crippen molar-refractivity contribution in [1.29, 1.82) is 0 Å². The lowest BCUT2D eigenvalue weighted by atomic mass is 9.94. The summed E-state index contributed by atoms with van der Waals surface area (Å²) in [7, 11) is 1.30. The van der Waals surface area contributed by atoms with E-state index < -0.39 is 12.0 Å². The van der Waals surface area contributed by atoms with Crippen LogP contribution in [0.1, 0.15) is 58.9 Å². The molecule has 0 radical (unpaired) electrons. The van der Waals surface area contributed by atoms with Gasteiger partial charge in [0, 0.05) is 16.3 Å². The Morgan fingerprint density at radius 1 is 0.943 bits per heavy atom. The molecule has 6 heteroatoms. The summed E-state index contributed by atoms with van der Waals surface area (Å²) < 4.78 is 4.71. The fourth-order valence-corrected chi connectivity index (χ4v) is 4.41. The predicted octanol–water partition coefficient (Wildman–Crippen LogP) is 6.79. The van der Waals surface area contributed by atoms with Crippen LogP contribution in [0.3, 0.4) is 0 Å². The number of aryl methyl sites for hydroxylation is 3. The van der Waals surface area contributed by atoms with Crippen LogP contribution in [0.2, 0.25) is 5.02 Å². The Balaban J connectivity index is 1.85. The van der Waals surface area contributed by atoms with Gasteiger partial charge in [0.25, 0.3) is 5.91 Å². The normalized spacial score (nSPS) is 12.5. The lowest BCUT2D eigenvalue weighted by Gasteiger charge is -2.20. The Kier molecular flexibility index (Phi) is 8.57. The second kappa shape index (κ2) is 11.4. The van der Waals surface area contributed by atoms with Gasteiger partial charge in [-0.15, -0.1) is 0 Å². The predicted molar refractivity (Wildman–Crippen MR) is 143 cm³/mol. The number of halogens is 1. The summed E-state index contributed by atoms with van der Waals surface area (Å²) in [5.74, 6) is -0.766. The minimum atomic E-state index is -0.718. The summed E-state index contributed by atoms with van der Waals surface area (Å²) in [6.07, 6.45) is 0.928. The molecule has 0 heterocycles. The molecule has 0 spiro atoms. The molecule has 0 aliphatic rings. The van der Waals surface area contributed by atoms with E-state index in [-0.39, 0.29) is 11.9 Å². The number of anilines is 1. The molecule has 1 amide bonds. The topological polar surface area (TPSA) is 67.4 Å². The Bertz CT molecular complexity index is 1220. The fraction of sp³-hybridized carbons (Fsp3) is 0.310. The highest BCUT2D eigenvalue weighted by Crippen LogP contribution is 2.30. The van der Waals surface area contributed by atoms with Crippen LogP contribution < -0.4 is 10.6 Å². The Labute approximate surface area is 212 Å². The molecule has 0 fully saturated rings. The second-order valence-electron chi connectivity index (χ2n) is 8.90. The van der Waals surface area contributed by atoms with E-state index in [1.807, 2.05) is 45.0 Å². The molecule has 35 heavy (non-hydrogen) atoms. The van der Waals surface area contributed by atoms with Crippen LogP contribution in [0, 0.1) is 20.8 Å². The monoisotopic (exact) mass is 492 g/mol. The van der Waals surface area contributed by atoms with Crippen LogP contribution in [0.4, 0.5) is 5.69 Å². The van der Waals surface area contributed by atoms with Gasteiger partial charge in [0.05, 0.1) is 13.2 Å². The fourth-order valence-electron chi connectivity index (χ4n) is 4.29. The van der Waals surface area contributed by atoms with Gasteiger partial charge in [-0.05, 0) is 85.7 Å². The average molecular weight is 493 g/mol. The first-order valence-electron chi connectivity index (χ1n) is 11.8. The molecule has 5 nitrogen and oxygen atoms in total. The van der Waals surface area contributed by atoms with Crippen molar-refractivity contribution in [2.45, 2.75) is 53.1 Å². The zero-order chi connectivity index (χ0) is 25.7. The lowest BCUT2D eigenvalue weighted by molar-refractivity contribution is -0.142. The van der Waals surface area contributed by atoms with Crippen molar-refractivity contribution in [1.82, 2.24) is 5.32 Å². The number of hydrogen-bond acceptors (Lipinski definition) is 4.